The lowest BCUT2D eigenvalue weighted by Gasteiger charge is -2.25. The Balaban J connectivity index is 2.67. The van der Waals surface area contributed by atoms with Gasteiger partial charge in [-0.25, -0.2) is 4.39 Å². The van der Waals surface area contributed by atoms with Gasteiger partial charge in [0.1, 0.15) is 5.82 Å². The molecule has 0 heterocycles. The Morgan fingerprint density at radius 1 is 1.35 bits per heavy atom. The Bertz CT molecular complexity index is 417. The molecule has 0 bridgehead atoms. The van der Waals surface area contributed by atoms with Crippen molar-refractivity contribution < 1.29 is 9.13 Å². The van der Waals surface area contributed by atoms with Gasteiger partial charge in [-0.05, 0) is 57.9 Å². The third-order valence-electron chi connectivity index (χ3n) is 2.88. The van der Waals surface area contributed by atoms with Gasteiger partial charge >= 0.3 is 0 Å². The summed E-state index contributed by atoms with van der Waals surface area (Å²) in [6, 6.07) is 5.35. The summed E-state index contributed by atoms with van der Waals surface area (Å²) < 4.78 is 20.5. The summed E-state index contributed by atoms with van der Waals surface area (Å²) in [5.74, 6) is -0.168. The molecule has 0 aliphatic carbocycles. The van der Waals surface area contributed by atoms with Crippen molar-refractivity contribution in [2.24, 2.45) is 0 Å². The molecule has 114 valence electrons. The third-order valence-corrected chi connectivity index (χ3v) is 3.38. The van der Waals surface area contributed by atoms with Gasteiger partial charge in [0, 0.05) is 10.5 Å². The first-order valence-corrected chi connectivity index (χ1v) is 7.92. The second-order valence-corrected chi connectivity index (χ2v) is 6.93. The van der Waals surface area contributed by atoms with Crippen molar-refractivity contribution in [2.45, 2.75) is 52.2 Å². The molecule has 1 aromatic rings. The first kappa shape index (κ1) is 17.6. The molecule has 0 saturated heterocycles. The smallest absolute Gasteiger partial charge is 0.127 e. The van der Waals surface area contributed by atoms with Crippen LogP contribution in [-0.4, -0.2) is 24.8 Å². The monoisotopic (exact) mass is 345 g/mol. The molecule has 4 heteroatoms. The molecule has 2 nitrogen and oxygen atoms in total. The number of nitrogens with one attached hydrogen (secondary N) is 1. The number of rotatable bonds is 7. The van der Waals surface area contributed by atoms with E-state index in [2.05, 4.69) is 28.2 Å². The Hall–Kier alpha value is -0.450. The van der Waals surface area contributed by atoms with Crippen molar-refractivity contribution in [3.05, 3.63) is 34.1 Å². The number of benzene rings is 1. The number of halogens is 2. The fourth-order valence-electron chi connectivity index (χ4n) is 1.84. The molecule has 0 saturated carbocycles. The van der Waals surface area contributed by atoms with E-state index in [1.165, 1.54) is 6.07 Å². The van der Waals surface area contributed by atoms with Crippen LogP contribution in [0, 0.1) is 5.82 Å². The van der Waals surface area contributed by atoms with E-state index in [9.17, 15) is 4.39 Å². The molecule has 0 spiro atoms. The van der Waals surface area contributed by atoms with Crippen LogP contribution in [0.5, 0.6) is 0 Å². The molecule has 0 fully saturated rings. The Labute approximate surface area is 130 Å². The quantitative estimate of drug-likeness (QED) is 0.794. The van der Waals surface area contributed by atoms with Crippen LogP contribution >= 0.6 is 15.9 Å². The zero-order chi connectivity index (χ0) is 15.2. The summed E-state index contributed by atoms with van der Waals surface area (Å²) in [4.78, 5) is 0. The van der Waals surface area contributed by atoms with Gasteiger partial charge in [-0.3, -0.25) is 0 Å². The van der Waals surface area contributed by atoms with E-state index in [1.807, 2.05) is 32.9 Å². The van der Waals surface area contributed by atoms with Crippen molar-refractivity contribution in [1.82, 2.24) is 5.32 Å². The van der Waals surface area contributed by atoms with Gasteiger partial charge in [-0.2, -0.15) is 0 Å². The molecule has 1 aromatic carbocycles. The molecule has 1 N–H and O–H groups in total. The maximum absolute atomic E-state index is 13.9. The van der Waals surface area contributed by atoms with Crippen LogP contribution < -0.4 is 5.32 Å². The fourth-order valence-corrected chi connectivity index (χ4v) is 2.17. The minimum atomic E-state index is -0.176. The second kappa shape index (κ2) is 8.11. The highest BCUT2D eigenvalue weighted by Crippen LogP contribution is 2.17. The van der Waals surface area contributed by atoms with Gasteiger partial charge in [-0.1, -0.05) is 28.9 Å². The van der Waals surface area contributed by atoms with Crippen LogP contribution in [-0.2, 0) is 11.2 Å². The van der Waals surface area contributed by atoms with Crippen LogP contribution in [0.3, 0.4) is 0 Å². The van der Waals surface area contributed by atoms with E-state index < -0.39 is 0 Å². The minimum absolute atomic E-state index is 0.129. The maximum atomic E-state index is 13.9. The lowest BCUT2D eigenvalue weighted by Crippen LogP contribution is -2.38. The van der Waals surface area contributed by atoms with Gasteiger partial charge in [0.2, 0.25) is 0 Å². The van der Waals surface area contributed by atoms with Crippen molar-refractivity contribution in [1.29, 1.82) is 0 Å². The van der Waals surface area contributed by atoms with Crippen LogP contribution in [0.25, 0.3) is 0 Å². The Kier molecular flexibility index (Phi) is 7.13. The van der Waals surface area contributed by atoms with Crippen molar-refractivity contribution in [3.8, 4) is 0 Å². The van der Waals surface area contributed by atoms with E-state index in [4.69, 9.17) is 4.74 Å². The third kappa shape index (κ3) is 6.82. The predicted octanol–water partition coefficient (Wildman–Crippen LogP) is 4.31. The van der Waals surface area contributed by atoms with Crippen LogP contribution in [0.4, 0.5) is 4.39 Å². The average Bonchev–Trinajstić information content (AvgIpc) is 2.34. The van der Waals surface area contributed by atoms with E-state index in [1.54, 1.807) is 0 Å². The van der Waals surface area contributed by atoms with Crippen LogP contribution in [0.15, 0.2) is 22.7 Å². The lowest BCUT2D eigenvalue weighted by molar-refractivity contribution is -0.0144. The molecule has 1 unspecified atom stereocenters. The standard InChI is InChI=1S/C16H25BrFNO/c1-5-8-19-14(11-20-16(2,3)4)9-12-6-7-13(17)10-15(12)18/h6-7,10,14,19H,5,8-9,11H2,1-4H3. The van der Waals surface area contributed by atoms with Gasteiger partial charge in [0.15, 0.2) is 0 Å². The SMILES string of the molecule is CCCNC(COC(C)(C)C)Cc1ccc(Br)cc1F. The average molecular weight is 346 g/mol. The van der Waals surface area contributed by atoms with Crippen molar-refractivity contribution in [2.75, 3.05) is 13.2 Å². The Morgan fingerprint density at radius 3 is 2.60 bits per heavy atom. The van der Waals surface area contributed by atoms with Gasteiger partial charge in [0.05, 0.1) is 12.2 Å². The Morgan fingerprint density at radius 2 is 2.05 bits per heavy atom. The molecule has 1 rings (SSSR count). The van der Waals surface area contributed by atoms with Gasteiger partial charge in [-0.15, -0.1) is 0 Å². The van der Waals surface area contributed by atoms with E-state index in [-0.39, 0.29) is 17.5 Å². The summed E-state index contributed by atoms with van der Waals surface area (Å²) in [7, 11) is 0. The molecule has 0 aromatic heterocycles. The molecule has 0 aliphatic heterocycles. The zero-order valence-corrected chi connectivity index (χ0v) is 14.4. The first-order chi connectivity index (χ1) is 9.31. The summed E-state index contributed by atoms with van der Waals surface area (Å²) in [5, 5.41) is 3.43. The van der Waals surface area contributed by atoms with Gasteiger partial charge in [0.25, 0.3) is 0 Å². The number of hydrogen-bond donors (Lipinski definition) is 1. The number of ether oxygens (including phenoxy) is 1. The van der Waals surface area contributed by atoms with Gasteiger partial charge < -0.3 is 10.1 Å². The fraction of sp³-hybridized carbons (Fsp3) is 0.625. The summed E-state index contributed by atoms with van der Waals surface area (Å²) in [6.45, 7) is 9.71. The minimum Gasteiger partial charge on any atom is -0.374 e. The van der Waals surface area contributed by atoms with E-state index in [0.29, 0.717) is 13.0 Å². The first-order valence-electron chi connectivity index (χ1n) is 7.13. The summed E-state index contributed by atoms with van der Waals surface area (Å²) in [6.07, 6.45) is 1.68. The highest BCUT2D eigenvalue weighted by atomic mass is 79.9. The van der Waals surface area contributed by atoms with Crippen molar-refractivity contribution in [3.63, 3.8) is 0 Å². The molecule has 0 radical (unpaired) electrons. The van der Waals surface area contributed by atoms with Crippen LogP contribution in [0.1, 0.15) is 39.7 Å². The molecule has 1 atom stereocenters. The van der Waals surface area contributed by atoms with Crippen molar-refractivity contribution >= 4 is 15.9 Å². The highest BCUT2D eigenvalue weighted by Gasteiger charge is 2.17. The highest BCUT2D eigenvalue weighted by molar-refractivity contribution is 9.10. The molecule has 0 amide bonds. The number of hydrogen-bond acceptors (Lipinski definition) is 2. The normalized spacial score (nSPS) is 13.5. The summed E-state index contributed by atoms with van der Waals surface area (Å²) in [5.41, 5.74) is 0.545. The van der Waals surface area contributed by atoms with E-state index in [0.717, 1.165) is 23.0 Å². The second-order valence-electron chi connectivity index (χ2n) is 6.01. The van der Waals surface area contributed by atoms with Crippen LogP contribution in [0.2, 0.25) is 0 Å². The lowest BCUT2D eigenvalue weighted by atomic mass is 10.1. The summed E-state index contributed by atoms with van der Waals surface area (Å²) >= 11 is 3.28. The molecule has 0 aliphatic rings. The predicted molar refractivity (Wildman–Crippen MR) is 85.6 cm³/mol. The molecular formula is C16H25BrFNO. The topological polar surface area (TPSA) is 21.3 Å². The molecular weight excluding hydrogens is 321 g/mol. The largest absolute Gasteiger partial charge is 0.374 e. The zero-order valence-electron chi connectivity index (χ0n) is 12.8. The van der Waals surface area contributed by atoms with E-state index >= 15 is 0 Å². The molecule has 20 heavy (non-hydrogen) atoms. The maximum Gasteiger partial charge on any atom is 0.127 e.